The van der Waals surface area contributed by atoms with Crippen LogP contribution in [0.25, 0.3) is 0 Å². The van der Waals surface area contributed by atoms with Crippen molar-refractivity contribution in [3.63, 3.8) is 0 Å². The van der Waals surface area contributed by atoms with Gasteiger partial charge in [-0.15, -0.1) is 0 Å². The van der Waals surface area contributed by atoms with Crippen molar-refractivity contribution < 1.29 is 4.74 Å². The lowest BCUT2D eigenvalue weighted by Gasteiger charge is -2.33. The third-order valence-electron chi connectivity index (χ3n) is 5.56. The molecule has 134 valence electrons. The zero-order valence-electron chi connectivity index (χ0n) is 15.6. The van der Waals surface area contributed by atoms with Crippen LogP contribution < -0.4 is 10.1 Å². The Hall–Kier alpha value is -1.80. The average molecular weight is 338 g/mol. The van der Waals surface area contributed by atoms with Crippen LogP contribution in [0.4, 0.5) is 0 Å². The Morgan fingerprint density at radius 3 is 2.68 bits per heavy atom. The average Bonchev–Trinajstić information content (AvgIpc) is 2.68. The fourth-order valence-electron chi connectivity index (χ4n) is 4.28. The van der Waals surface area contributed by atoms with Gasteiger partial charge < -0.3 is 10.1 Å². The van der Waals surface area contributed by atoms with Crippen LogP contribution in [0, 0.1) is 0 Å². The molecule has 0 bridgehead atoms. The van der Waals surface area contributed by atoms with E-state index in [0.29, 0.717) is 11.8 Å². The predicted octanol–water partition coefficient (Wildman–Crippen LogP) is 5.29. The molecule has 0 fully saturated rings. The summed E-state index contributed by atoms with van der Waals surface area (Å²) in [6.07, 6.45) is 6.30. The number of fused-ring (bicyclic) bond motifs is 1. The second-order valence-electron chi connectivity index (χ2n) is 7.07. The second-order valence-corrected chi connectivity index (χ2v) is 7.07. The maximum Gasteiger partial charge on any atom is 0.118 e. The summed E-state index contributed by atoms with van der Waals surface area (Å²) in [7, 11) is 1.74. The second kappa shape index (κ2) is 9.05. The van der Waals surface area contributed by atoms with Crippen LogP contribution in [-0.2, 0) is 6.42 Å². The van der Waals surface area contributed by atoms with Crippen LogP contribution in [0.5, 0.6) is 5.75 Å². The van der Waals surface area contributed by atoms with Gasteiger partial charge in [0.2, 0.25) is 0 Å². The molecule has 1 aliphatic rings. The van der Waals surface area contributed by atoms with E-state index in [1.54, 1.807) is 18.2 Å². The van der Waals surface area contributed by atoms with Crippen molar-refractivity contribution >= 4 is 0 Å². The summed E-state index contributed by atoms with van der Waals surface area (Å²) in [5.41, 5.74) is 4.60. The zero-order chi connectivity index (χ0) is 17.5. The van der Waals surface area contributed by atoms with E-state index in [4.69, 9.17) is 4.74 Å². The first-order valence-electron chi connectivity index (χ1n) is 9.76. The topological polar surface area (TPSA) is 21.3 Å². The van der Waals surface area contributed by atoms with Gasteiger partial charge in [-0.05, 0) is 85.9 Å². The molecule has 1 N–H and O–H groups in total. The van der Waals surface area contributed by atoms with Crippen molar-refractivity contribution in [3.05, 3.63) is 65.2 Å². The number of methoxy groups -OCH3 is 1. The number of benzene rings is 2. The summed E-state index contributed by atoms with van der Waals surface area (Å²) in [5, 5.41) is 3.48. The quantitative estimate of drug-likeness (QED) is 0.661. The molecule has 0 heterocycles. The lowest BCUT2D eigenvalue weighted by Crippen LogP contribution is -2.20. The number of nitrogens with one attached hydrogen (secondary N) is 1. The van der Waals surface area contributed by atoms with Crippen LogP contribution in [0.3, 0.4) is 0 Å². The van der Waals surface area contributed by atoms with Crippen molar-refractivity contribution in [2.24, 2.45) is 0 Å². The molecular formula is C23H31NO. The van der Waals surface area contributed by atoms with Gasteiger partial charge in [0.05, 0.1) is 7.11 Å². The van der Waals surface area contributed by atoms with E-state index in [1.807, 2.05) is 0 Å². The van der Waals surface area contributed by atoms with Crippen molar-refractivity contribution in [1.82, 2.24) is 5.32 Å². The Morgan fingerprint density at radius 1 is 1.12 bits per heavy atom. The number of hydrogen-bond acceptors (Lipinski definition) is 2. The summed E-state index contributed by atoms with van der Waals surface area (Å²) < 4.78 is 5.35. The van der Waals surface area contributed by atoms with E-state index in [0.717, 1.165) is 18.8 Å². The maximum atomic E-state index is 5.35. The van der Waals surface area contributed by atoms with E-state index in [1.165, 1.54) is 37.7 Å². The molecule has 25 heavy (non-hydrogen) atoms. The van der Waals surface area contributed by atoms with Gasteiger partial charge in [-0.2, -0.15) is 0 Å². The number of rotatable bonds is 8. The third-order valence-corrected chi connectivity index (χ3v) is 5.56. The fraction of sp³-hybridized carbons (Fsp3) is 0.478. The van der Waals surface area contributed by atoms with Crippen molar-refractivity contribution in [2.45, 2.75) is 50.9 Å². The molecular weight excluding hydrogens is 306 g/mol. The molecule has 0 aliphatic heterocycles. The van der Waals surface area contributed by atoms with Crippen LogP contribution in [0.15, 0.2) is 48.5 Å². The van der Waals surface area contributed by atoms with E-state index >= 15 is 0 Å². The minimum Gasteiger partial charge on any atom is -0.497 e. The summed E-state index contributed by atoms with van der Waals surface area (Å²) in [6.45, 7) is 4.34. The number of ether oxygens (including phenoxy) is 1. The first-order valence-corrected chi connectivity index (χ1v) is 9.76. The van der Waals surface area contributed by atoms with Crippen LogP contribution in [0.2, 0.25) is 0 Å². The smallest absolute Gasteiger partial charge is 0.118 e. The largest absolute Gasteiger partial charge is 0.497 e. The van der Waals surface area contributed by atoms with Gasteiger partial charge in [-0.1, -0.05) is 43.3 Å². The monoisotopic (exact) mass is 337 g/mol. The van der Waals surface area contributed by atoms with Crippen LogP contribution >= 0.6 is 0 Å². The molecule has 3 rings (SSSR count). The molecule has 2 atom stereocenters. The van der Waals surface area contributed by atoms with Gasteiger partial charge in [-0.3, -0.25) is 0 Å². The summed E-state index contributed by atoms with van der Waals surface area (Å²) >= 11 is 0. The lowest BCUT2D eigenvalue weighted by atomic mass is 9.72. The van der Waals surface area contributed by atoms with Gasteiger partial charge in [0, 0.05) is 0 Å². The Morgan fingerprint density at radius 2 is 1.92 bits per heavy atom. The third kappa shape index (κ3) is 4.43. The molecule has 0 aromatic heterocycles. The molecule has 2 aromatic carbocycles. The van der Waals surface area contributed by atoms with Crippen LogP contribution in [-0.4, -0.2) is 20.2 Å². The Bertz CT molecular complexity index is 649. The minimum atomic E-state index is 0.589. The minimum absolute atomic E-state index is 0.589. The van der Waals surface area contributed by atoms with E-state index in [2.05, 4.69) is 60.8 Å². The molecule has 0 amide bonds. The van der Waals surface area contributed by atoms with E-state index in [-0.39, 0.29) is 0 Å². The van der Waals surface area contributed by atoms with Gasteiger partial charge >= 0.3 is 0 Å². The fourth-order valence-corrected chi connectivity index (χ4v) is 4.28. The highest BCUT2D eigenvalue weighted by Gasteiger charge is 2.28. The Kier molecular flexibility index (Phi) is 6.52. The molecule has 0 saturated heterocycles. The summed E-state index contributed by atoms with van der Waals surface area (Å²) in [6, 6.07) is 17.9. The standard InChI is InChI=1S/C23H31NO/c1-3-24-17-7-12-22(19-13-15-20(25-2)16-14-19)23-11-6-9-18-8-4-5-10-21(18)23/h4-5,8,10,13-16,22-24H,3,6-7,9,11-12,17H2,1-2H3. The Labute approximate surface area is 152 Å². The Balaban J connectivity index is 1.85. The molecule has 0 radical (unpaired) electrons. The normalized spacial score (nSPS) is 17.8. The summed E-state index contributed by atoms with van der Waals surface area (Å²) in [5.74, 6) is 2.17. The zero-order valence-corrected chi connectivity index (χ0v) is 15.6. The molecule has 2 heteroatoms. The van der Waals surface area contributed by atoms with Gasteiger partial charge in [0.25, 0.3) is 0 Å². The van der Waals surface area contributed by atoms with Crippen molar-refractivity contribution in [3.8, 4) is 5.75 Å². The molecule has 2 nitrogen and oxygen atoms in total. The summed E-state index contributed by atoms with van der Waals surface area (Å²) in [4.78, 5) is 0. The van der Waals surface area contributed by atoms with Gasteiger partial charge in [-0.25, -0.2) is 0 Å². The van der Waals surface area contributed by atoms with Crippen molar-refractivity contribution in [1.29, 1.82) is 0 Å². The molecule has 2 aromatic rings. The molecule has 0 saturated carbocycles. The number of hydrogen-bond donors (Lipinski definition) is 1. The SMILES string of the molecule is CCNCCCC(c1ccc(OC)cc1)C1CCCc2ccccc21. The van der Waals surface area contributed by atoms with E-state index in [9.17, 15) is 0 Å². The van der Waals surface area contributed by atoms with Gasteiger partial charge in [0.1, 0.15) is 5.75 Å². The van der Waals surface area contributed by atoms with E-state index < -0.39 is 0 Å². The van der Waals surface area contributed by atoms with Crippen LogP contribution in [0.1, 0.15) is 61.1 Å². The molecule has 1 aliphatic carbocycles. The number of aryl methyl sites for hydroxylation is 1. The van der Waals surface area contributed by atoms with Gasteiger partial charge in [0.15, 0.2) is 0 Å². The predicted molar refractivity (Wildman–Crippen MR) is 106 cm³/mol. The highest BCUT2D eigenvalue weighted by Crippen LogP contribution is 2.44. The first-order chi connectivity index (χ1) is 12.3. The molecule has 0 spiro atoms. The highest BCUT2D eigenvalue weighted by molar-refractivity contribution is 5.38. The highest BCUT2D eigenvalue weighted by atomic mass is 16.5. The van der Waals surface area contributed by atoms with Crippen molar-refractivity contribution in [2.75, 3.05) is 20.2 Å². The first kappa shape index (κ1) is 18.0. The molecule has 2 unspecified atom stereocenters. The maximum absolute atomic E-state index is 5.35. The lowest BCUT2D eigenvalue weighted by molar-refractivity contribution is 0.412.